The molecule has 2 atom stereocenters. The lowest BCUT2D eigenvalue weighted by Crippen LogP contribution is -2.46. The van der Waals surface area contributed by atoms with E-state index in [1.807, 2.05) is 22.6 Å². The third kappa shape index (κ3) is 3.76. The van der Waals surface area contributed by atoms with Gasteiger partial charge in [0.1, 0.15) is 0 Å². The SMILES string of the molecule is CN(C)CCn1ncc(Br)c1C(N)C1CSCCN1C. The summed E-state index contributed by atoms with van der Waals surface area (Å²) >= 11 is 5.60. The number of aromatic nitrogens is 2. The first-order valence-corrected chi connectivity index (χ1v) is 8.85. The third-order valence-corrected chi connectivity index (χ3v) is 5.43. The van der Waals surface area contributed by atoms with Crippen LogP contribution in [0.5, 0.6) is 0 Å². The molecule has 0 radical (unpaired) electrons. The van der Waals surface area contributed by atoms with Gasteiger partial charge in [-0.1, -0.05) is 0 Å². The molecule has 2 heterocycles. The van der Waals surface area contributed by atoms with E-state index in [0.717, 1.165) is 35.6 Å². The van der Waals surface area contributed by atoms with Gasteiger partial charge in [-0.25, -0.2) is 0 Å². The molecule has 2 rings (SSSR count). The van der Waals surface area contributed by atoms with E-state index in [2.05, 4.69) is 52.0 Å². The van der Waals surface area contributed by atoms with E-state index < -0.39 is 0 Å². The summed E-state index contributed by atoms with van der Waals surface area (Å²) in [6.07, 6.45) is 1.86. The highest BCUT2D eigenvalue weighted by molar-refractivity contribution is 9.10. The molecular weight excluding hydrogens is 338 g/mol. The minimum atomic E-state index is -0.00756. The van der Waals surface area contributed by atoms with Crippen molar-refractivity contribution in [2.75, 3.05) is 45.7 Å². The van der Waals surface area contributed by atoms with E-state index in [9.17, 15) is 0 Å². The summed E-state index contributed by atoms with van der Waals surface area (Å²) in [5.41, 5.74) is 7.67. The van der Waals surface area contributed by atoms with Crippen LogP contribution in [0, 0.1) is 0 Å². The molecule has 0 aromatic carbocycles. The Bertz CT molecular complexity index is 436. The fourth-order valence-electron chi connectivity index (χ4n) is 2.44. The fourth-order valence-corrected chi connectivity index (χ4v) is 4.29. The molecule has 1 aromatic rings. The number of likely N-dealkylation sites (N-methyl/N-ethyl adjacent to an activating group) is 2. The highest BCUT2D eigenvalue weighted by Gasteiger charge is 2.30. The highest BCUT2D eigenvalue weighted by atomic mass is 79.9. The van der Waals surface area contributed by atoms with E-state index in [-0.39, 0.29) is 6.04 Å². The van der Waals surface area contributed by atoms with Crippen LogP contribution < -0.4 is 5.73 Å². The minimum Gasteiger partial charge on any atom is -0.321 e. The molecule has 0 aliphatic carbocycles. The van der Waals surface area contributed by atoms with Gasteiger partial charge in [0.2, 0.25) is 0 Å². The standard InChI is InChI=1S/C13H24BrN5S/c1-17(2)4-5-19-13(10(14)8-16-19)12(15)11-9-20-7-6-18(11)3/h8,11-12H,4-7,9,15H2,1-3H3. The quantitative estimate of drug-likeness (QED) is 0.855. The molecule has 7 heteroatoms. The second-order valence-electron chi connectivity index (χ2n) is 5.55. The summed E-state index contributed by atoms with van der Waals surface area (Å²) in [5.74, 6) is 2.28. The first-order valence-electron chi connectivity index (χ1n) is 6.90. The number of hydrogen-bond acceptors (Lipinski definition) is 5. The lowest BCUT2D eigenvalue weighted by Gasteiger charge is -2.36. The molecule has 2 N–H and O–H groups in total. The average Bonchev–Trinajstić information content (AvgIpc) is 2.77. The molecule has 0 amide bonds. The van der Waals surface area contributed by atoms with E-state index in [0.29, 0.717) is 6.04 Å². The Morgan fingerprint density at radius 1 is 1.60 bits per heavy atom. The monoisotopic (exact) mass is 361 g/mol. The van der Waals surface area contributed by atoms with Gasteiger partial charge in [-0.15, -0.1) is 0 Å². The maximum absolute atomic E-state index is 6.55. The molecule has 5 nitrogen and oxygen atoms in total. The average molecular weight is 362 g/mol. The summed E-state index contributed by atoms with van der Waals surface area (Å²) in [7, 11) is 6.31. The van der Waals surface area contributed by atoms with Crippen molar-refractivity contribution < 1.29 is 0 Å². The van der Waals surface area contributed by atoms with Crippen molar-refractivity contribution in [1.29, 1.82) is 0 Å². The van der Waals surface area contributed by atoms with Crippen LogP contribution in [0.2, 0.25) is 0 Å². The topological polar surface area (TPSA) is 50.3 Å². The van der Waals surface area contributed by atoms with E-state index in [1.54, 1.807) is 0 Å². The van der Waals surface area contributed by atoms with Crippen molar-refractivity contribution in [3.8, 4) is 0 Å². The number of halogens is 1. The first kappa shape index (κ1) is 16.3. The smallest absolute Gasteiger partial charge is 0.0710 e. The van der Waals surface area contributed by atoms with Crippen LogP contribution >= 0.6 is 27.7 Å². The Morgan fingerprint density at radius 3 is 3.00 bits per heavy atom. The van der Waals surface area contributed by atoms with Crippen LogP contribution in [-0.4, -0.2) is 71.4 Å². The summed E-state index contributed by atoms with van der Waals surface area (Å²) in [6.45, 7) is 2.93. The van der Waals surface area contributed by atoms with Gasteiger partial charge in [-0.05, 0) is 37.1 Å². The van der Waals surface area contributed by atoms with Gasteiger partial charge >= 0.3 is 0 Å². The van der Waals surface area contributed by atoms with Crippen LogP contribution in [0.3, 0.4) is 0 Å². The predicted molar refractivity (Wildman–Crippen MR) is 89.2 cm³/mol. The molecule has 1 aliphatic rings. The lowest BCUT2D eigenvalue weighted by molar-refractivity contribution is 0.230. The summed E-state index contributed by atoms with van der Waals surface area (Å²) in [4.78, 5) is 4.53. The van der Waals surface area contributed by atoms with Crippen LogP contribution in [0.25, 0.3) is 0 Å². The normalized spacial score (nSPS) is 22.4. The molecule has 1 aromatic heterocycles. The minimum absolute atomic E-state index is 0.00756. The second kappa shape index (κ2) is 7.26. The molecule has 0 saturated carbocycles. The molecule has 0 bridgehead atoms. The number of nitrogens with zero attached hydrogens (tertiary/aromatic N) is 4. The van der Waals surface area contributed by atoms with Crippen molar-refractivity contribution >= 4 is 27.7 Å². The molecule has 0 spiro atoms. The van der Waals surface area contributed by atoms with Crippen LogP contribution in [0.15, 0.2) is 10.7 Å². The third-order valence-electron chi connectivity index (χ3n) is 3.77. The van der Waals surface area contributed by atoms with Crippen molar-refractivity contribution in [2.45, 2.75) is 18.6 Å². The number of rotatable bonds is 5. The van der Waals surface area contributed by atoms with Crippen molar-refractivity contribution in [1.82, 2.24) is 19.6 Å². The van der Waals surface area contributed by atoms with Gasteiger partial charge in [0.25, 0.3) is 0 Å². The van der Waals surface area contributed by atoms with Crippen LogP contribution in [0.1, 0.15) is 11.7 Å². The van der Waals surface area contributed by atoms with Crippen molar-refractivity contribution in [3.63, 3.8) is 0 Å². The largest absolute Gasteiger partial charge is 0.321 e. The number of nitrogens with two attached hydrogens (primary N) is 1. The molecule has 1 fully saturated rings. The summed E-state index contributed by atoms with van der Waals surface area (Å²) in [6, 6.07) is 0.367. The molecule has 2 unspecified atom stereocenters. The summed E-state index contributed by atoms with van der Waals surface area (Å²) < 4.78 is 3.06. The van der Waals surface area contributed by atoms with Gasteiger partial charge in [0.05, 0.1) is 29.0 Å². The second-order valence-corrected chi connectivity index (χ2v) is 7.56. The van der Waals surface area contributed by atoms with Gasteiger partial charge in [-0.3, -0.25) is 9.58 Å². The van der Waals surface area contributed by atoms with E-state index in [4.69, 9.17) is 5.73 Å². The Morgan fingerprint density at radius 2 is 2.35 bits per heavy atom. The molecular formula is C13H24BrN5S. The van der Waals surface area contributed by atoms with Crippen molar-refractivity contribution in [2.24, 2.45) is 5.73 Å². The lowest BCUT2D eigenvalue weighted by atomic mass is 10.1. The number of hydrogen-bond donors (Lipinski definition) is 1. The fraction of sp³-hybridized carbons (Fsp3) is 0.769. The Hall–Kier alpha value is -0.0800. The van der Waals surface area contributed by atoms with Gasteiger partial charge in [0, 0.05) is 30.6 Å². The van der Waals surface area contributed by atoms with E-state index in [1.165, 1.54) is 5.75 Å². The van der Waals surface area contributed by atoms with Gasteiger partial charge in [-0.2, -0.15) is 16.9 Å². The van der Waals surface area contributed by atoms with Gasteiger partial charge in [0.15, 0.2) is 0 Å². The zero-order valence-corrected chi connectivity index (χ0v) is 14.8. The first-order chi connectivity index (χ1) is 9.50. The molecule has 1 aliphatic heterocycles. The summed E-state index contributed by atoms with van der Waals surface area (Å²) in [5, 5.41) is 4.47. The Kier molecular flexibility index (Phi) is 5.92. The maximum atomic E-state index is 6.55. The zero-order valence-electron chi connectivity index (χ0n) is 12.4. The molecule has 1 saturated heterocycles. The van der Waals surface area contributed by atoms with Gasteiger partial charge < -0.3 is 10.6 Å². The van der Waals surface area contributed by atoms with Crippen LogP contribution in [0.4, 0.5) is 0 Å². The maximum Gasteiger partial charge on any atom is 0.0710 e. The zero-order chi connectivity index (χ0) is 14.7. The number of thioether (sulfide) groups is 1. The van der Waals surface area contributed by atoms with E-state index >= 15 is 0 Å². The molecule has 20 heavy (non-hydrogen) atoms. The highest BCUT2D eigenvalue weighted by Crippen LogP contribution is 2.29. The van der Waals surface area contributed by atoms with Crippen LogP contribution in [-0.2, 0) is 6.54 Å². The Balaban J connectivity index is 2.15. The van der Waals surface area contributed by atoms with Crippen molar-refractivity contribution in [3.05, 3.63) is 16.4 Å². The predicted octanol–water partition coefficient (Wildman–Crippen LogP) is 1.25. The molecule has 114 valence electrons. The Labute approximate surface area is 134 Å².